The van der Waals surface area contributed by atoms with Gasteiger partial charge in [0.15, 0.2) is 0 Å². The van der Waals surface area contributed by atoms with E-state index in [1.54, 1.807) is 24.3 Å². The highest BCUT2D eigenvalue weighted by Crippen LogP contribution is 2.27. The Balaban J connectivity index is 1.83. The van der Waals surface area contributed by atoms with Crippen molar-refractivity contribution in [3.8, 4) is 0 Å². The van der Waals surface area contributed by atoms with Crippen molar-refractivity contribution < 1.29 is 8.42 Å². The predicted molar refractivity (Wildman–Crippen MR) is 85.2 cm³/mol. The van der Waals surface area contributed by atoms with E-state index in [0.29, 0.717) is 11.8 Å². The number of rotatable bonds is 5. The van der Waals surface area contributed by atoms with Gasteiger partial charge in [0.05, 0.1) is 4.90 Å². The summed E-state index contributed by atoms with van der Waals surface area (Å²) in [5.74, 6) is 1.35. The Kier molecular flexibility index (Phi) is 5.19. The van der Waals surface area contributed by atoms with Crippen LogP contribution in [0.2, 0.25) is 0 Å². The molecule has 116 valence electrons. The Hall–Kier alpha value is -1.17. The molecule has 0 aromatic heterocycles. The molecule has 1 aliphatic carbocycles. The summed E-state index contributed by atoms with van der Waals surface area (Å²) in [4.78, 5) is 0.160. The van der Waals surface area contributed by atoms with E-state index in [4.69, 9.17) is 5.14 Å². The maximum atomic E-state index is 11.2. The van der Waals surface area contributed by atoms with Crippen LogP contribution in [0.4, 0.5) is 0 Å². The van der Waals surface area contributed by atoms with Crippen molar-refractivity contribution in [2.45, 2.75) is 38.1 Å². The molecule has 2 unspecified atom stereocenters. The van der Waals surface area contributed by atoms with Crippen LogP contribution >= 0.6 is 0 Å². The van der Waals surface area contributed by atoms with Gasteiger partial charge in [-0.25, -0.2) is 13.6 Å². The second-order valence-electron chi connectivity index (χ2n) is 6.12. The second-order valence-corrected chi connectivity index (χ2v) is 7.68. The molecule has 2 rings (SSSR count). The molecule has 1 aliphatic rings. The van der Waals surface area contributed by atoms with Crippen molar-refractivity contribution in [1.82, 2.24) is 5.32 Å². The molecule has 1 aromatic carbocycles. The van der Waals surface area contributed by atoms with Gasteiger partial charge in [-0.3, -0.25) is 0 Å². The molecule has 2 atom stereocenters. The minimum atomic E-state index is -3.60. The number of nitrogens with two attached hydrogens (primary N) is 1. The van der Waals surface area contributed by atoms with Crippen LogP contribution in [0.15, 0.2) is 40.8 Å². The van der Waals surface area contributed by atoms with Crippen molar-refractivity contribution in [3.05, 3.63) is 41.5 Å². The molecular formula is C16H24N2O2S. The third-order valence-electron chi connectivity index (χ3n) is 3.90. The van der Waals surface area contributed by atoms with E-state index in [9.17, 15) is 8.42 Å². The van der Waals surface area contributed by atoms with Crippen LogP contribution in [-0.2, 0) is 16.6 Å². The fraction of sp³-hybridized carbons (Fsp3) is 0.500. The summed E-state index contributed by atoms with van der Waals surface area (Å²) in [6, 6.07) is 6.73. The summed E-state index contributed by atoms with van der Waals surface area (Å²) in [6.45, 7) is 6.21. The van der Waals surface area contributed by atoms with Gasteiger partial charge in [0.2, 0.25) is 10.0 Å². The lowest BCUT2D eigenvalue weighted by atomic mass is 9.84. The summed E-state index contributed by atoms with van der Waals surface area (Å²) in [5.41, 5.74) is 2.55. The van der Waals surface area contributed by atoms with Gasteiger partial charge in [-0.05, 0) is 55.8 Å². The molecule has 0 fully saturated rings. The Morgan fingerprint density at radius 1 is 1.29 bits per heavy atom. The minimum Gasteiger partial charge on any atom is -0.312 e. The van der Waals surface area contributed by atoms with Crippen LogP contribution in [0, 0.1) is 11.8 Å². The fourth-order valence-corrected chi connectivity index (χ4v) is 3.57. The van der Waals surface area contributed by atoms with E-state index in [1.165, 1.54) is 18.4 Å². The Bertz CT molecular complexity index is 606. The molecule has 0 spiro atoms. The van der Waals surface area contributed by atoms with Crippen molar-refractivity contribution in [2.75, 3.05) is 6.54 Å². The molecule has 4 nitrogen and oxygen atoms in total. The van der Waals surface area contributed by atoms with E-state index >= 15 is 0 Å². The van der Waals surface area contributed by atoms with Crippen molar-refractivity contribution in [1.29, 1.82) is 0 Å². The highest BCUT2D eigenvalue weighted by Gasteiger charge is 2.17. The normalized spacial score (nSPS) is 22.9. The Morgan fingerprint density at radius 3 is 2.52 bits per heavy atom. The molecule has 3 N–H and O–H groups in total. The fourth-order valence-electron chi connectivity index (χ4n) is 3.06. The molecule has 21 heavy (non-hydrogen) atoms. The Labute approximate surface area is 127 Å². The molecule has 0 aliphatic heterocycles. The van der Waals surface area contributed by atoms with Crippen LogP contribution < -0.4 is 10.5 Å². The van der Waals surface area contributed by atoms with Gasteiger partial charge in [-0.1, -0.05) is 30.7 Å². The van der Waals surface area contributed by atoms with Gasteiger partial charge in [-0.15, -0.1) is 0 Å². The zero-order valence-corrected chi connectivity index (χ0v) is 13.5. The molecule has 0 heterocycles. The Morgan fingerprint density at radius 2 is 1.95 bits per heavy atom. The highest BCUT2D eigenvalue weighted by molar-refractivity contribution is 7.89. The van der Waals surface area contributed by atoms with Crippen molar-refractivity contribution in [2.24, 2.45) is 17.0 Å². The van der Waals surface area contributed by atoms with Crippen LogP contribution in [0.25, 0.3) is 0 Å². The zero-order chi connectivity index (χ0) is 15.5. The number of sulfonamides is 1. The van der Waals surface area contributed by atoms with E-state index in [1.807, 2.05) is 0 Å². The maximum Gasteiger partial charge on any atom is 0.238 e. The summed E-state index contributed by atoms with van der Waals surface area (Å²) in [7, 11) is -3.60. The third kappa shape index (κ3) is 4.95. The zero-order valence-electron chi connectivity index (χ0n) is 12.7. The molecule has 0 saturated carbocycles. The minimum absolute atomic E-state index is 0.160. The van der Waals surface area contributed by atoms with E-state index in [-0.39, 0.29) is 4.90 Å². The first-order valence-corrected chi connectivity index (χ1v) is 8.89. The number of allylic oxidation sites excluding steroid dienone is 2. The lowest BCUT2D eigenvalue weighted by Gasteiger charge is -2.25. The average Bonchev–Trinajstić information content (AvgIpc) is 2.37. The third-order valence-corrected chi connectivity index (χ3v) is 4.83. The summed E-state index contributed by atoms with van der Waals surface area (Å²) >= 11 is 0. The molecular weight excluding hydrogens is 284 g/mol. The number of hydrogen-bond acceptors (Lipinski definition) is 3. The largest absolute Gasteiger partial charge is 0.312 e. The number of hydrogen-bond donors (Lipinski definition) is 2. The van der Waals surface area contributed by atoms with Crippen LogP contribution in [-0.4, -0.2) is 15.0 Å². The first-order valence-electron chi connectivity index (χ1n) is 7.34. The smallest absolute Gasteiger partial charge is 0.238 e. The first kappa shape index (κ1) is 16.2. The first-order chi connectivity index (χ1) is 9.84. The molecule has 0 bridgehead atoms. The van der Waals surface area contributed by atoms with Gasteiger partial charge in [0, 0.05) is 6.54 Å². The van der Waals surface area contributed by atoms with Crippen LogP contribution in [0.3, 0.4) is 0 Å². The number of benzene rings is 1. The summed E-state index contributed by atoms with van der Waals surface area (Å²) in [6.07, 6.45) is 4.76. The van der Waals surface area contributed by atoms with E-state index in [2.05, 4.69) is 25.2 Å². The standard InChI is InChI=1S/C16H24N2O2S/c1-12-7-13(2)9-15(8-12)11-18-10-14-3-5-16(6-4-14)21(17,19)20/h3-7,12,15,18H,8-11H2,1-2H3,(H2,17,19,20). The highest BCUT2D eigenvalue weighted by atomic mass is 32.2. The van der Waals surface area contributed by atoms with Gasteiger partial charge in [0.1, 0.15) is 0 Å². The summed E-state index contributed by atoms with van der Waals surface area (Å²) in [5, 5.41) is 8.54. The van der Waals surface area contributed by atoms with Crippen LogP contribution in [0.1, 0.15) is 32.3 Å². The average molecular weight is 308 g/mol. The van der Waals surface area contributed by atoms with Crippen molar-refractivity contribution >= 4 is 10.0 Å². The van der Waals surface area contributed by atoms with Gasteiger partial charge < -0.3 is 5.32 Å². The molecule has 0 saturated heterocycles. The van der Waals surface area contributed by atoms with Gasteiger partial charge in [0.25, 0.3) is 0 Å². The quantitative estimate of drug-likeness (QED) is 0.821. The van der Waals surface area contributed by atoms with E-state index < -0.39 is 10.0 Å². The van der Waals surface area contributed by atoms with Gasteiger partial charge >= 0.3 is 0 Å². The maximum absolute atomic E-state index is 11.2. The van der Waals surface area contributed by atoms with E-state index in [0.717, 1.165) is 18.7 Å². The monoisotopic (exact) mass is 308 g/mol. The lowest BCUT2D eigenvalue weighted by Crippen LogP contribution is -2.25. The van der Waals surface area contributed by atoms with Crippen LogP contribution in [0.5, 0.6) is 0 Å². The summed E-state index contributed by atoms with van der Waals surface area (Å²) < 4.78 is 22.4. The predicted octanol–water partition coefficient (Wildman–Crippen LogP) is 2.42. The SMILES string of the molecule is CC1=CC(C)CC(CNCc2ccc(S(N)(=O)=O)cc2)C1. The molecule has 5 heteroatoms. The van der Waals surface area contributed by atoms with Crippen molar-refractivity contribution in [3.63, 3.8) is 0 Å². The second kappa shape index (κ2) is 6.73. The lowest BCUT2D eigenvalue weighted by molar-refractivity contribution is 0.381. The molecule has 1 aromatic rings. The number of primary sulfonamides is 1. The topological polar surface area (TPSA) is 72.2 Å². The van der Waals surface area contributed by atoms with Gasteiger partial charge in [-0.2, -0.15) is 0 Å². The molecule has 0 radical (unpaired) electrons. The number of nitrogens with one attached hydrogen (secondary N) is 1. The molecule has 0 amide bonds.